The Hall–Kier alpha value is -1.76. The number of carbonyl (C=O) groups excluding carboxylic acids is 1. The van der Waals surface area contributed by atoms with Crippen LogP contribution in [0, 0.1) is 0 Å². The van der Waals surface area contributed by atoms with Crippen LogP contribution in [-0.2, 0) is 17.4 Å². The van der Waals surface area contributed by atoms with Crippen LogP contribution in [0.1, 0.15) is 24.5 Å². The number of benzene rings is 1. The first-order chi connectivity index (χ1) is 9.74. The van der Waals surface area contributed by atoms with E-state index in [2.05, 4.69) is 5.32 Å². The van der Waals surface area contributed by atoms with E-state index in [9.17, 15) is 18.0 Å². The molecule has 118 valence electrons. The zero-order valence-electron chi connectivity index (χ0n) is 12.0. The van der Waals surface area contributed by atoms with E-state index in [1.165, 1.54) is 13.1 Å². The quantitative estimate of drug-likeness (QED) is 0.846. The third-order valence-corrected chi connectivity index (χ3v) is 2.77. The maximum Gasteiger partial charge on any atom is 0.419 e. The highest BCUT2D eigenvalue weighted by molar-refractivity contribution is 5.75. The highest BCUT2D eigenvalue weighted by Crippen LogP contribution is 2.37. The van der Waals surface area contributed by atoms with E-state index in [-0.39, 0.29) is 30.7 Å². The minimum atomic E-state index is -4.52. The zero-order chi connectivity index (χ0) is 16.0. The highest BCUT2D eigenvalue weighted by atomic mass is 19.4. The van der Waals surface area contributed by atoms with Crippen molar-refractivity contribution in [2.75, 3.05) is 13.7 Å². The summed E-state index contributed by atoms with van der Waals surface area (Å²) in [4.78, 5) is 11.0. The molecule has 0 spiro atoms. The number of nitrogens with two attached hydrogens (primary N) is 1. The minimum absolute atomic E-state index is 0.00458. The van der Waals surface area contributed by atoms with Gasteiger partial charge in [0, 0.05) is 13.1 Å². The molecule has 1 amide bonds. The summed E-state index contributed by atoms with van der Waals surface area (Å²) in [6.45, 7) is 1.61. The molecule has 1 aromatic carbocycles. The molecule has 1 unspecified atom stereocenters. The summed E-state index contributed by atoms with van der Waals surface area (Å²) in [5, 5.41) is 2.37. The Labute approximate surface area is 121 Å². The van der Waals surface area contributed by atoms with Gasteiger partial charge in [-0.3, -0.25) is 4.79 Å². The van der Waals surface area contributed by atoms with Crippen molar-refractivity contribution in [2.24, 2.45) is 5.73 Å². The molecule has 4 nitrogen and oxygen atoms in total. The molecule has 0 saturated carbocycles. The molecular weight excluding hydrogens is 285 g/mol. The Kier molecular flexibility index (Phi) is 6.02. The summed E-state index contributed by atoms with van der Waals surface area (Å²) in [6, 6.07) is 3.63. The van der Waals surface area contributed by atoms with Crippen molar-refractivity contribution < 1.29 is 22.7 Å². The van der Waals surface area contributed by atoms with Gasteiger partial charge < -0.3 is 15.8 Å². The molecule has 0 heterocycles. The third kappa shape index (κ3) is 5.63. The van der Waals surface area contributed by atoms with Gasteiger partial charge in [-0.05, 0) is 31.0 Å². The van der Waals surface area contributed by atoms with Gasteiger partial charge in [-0.1, -0.05) is 6.07 Å². The van der Waals surface area contributed by atoms with Gasteiger partial charge in [0.1, 0.15) is 5.75 Å². The Morgan fingerprint density at radius 2 is 2.10 bits per heavy atom. The minimum Gasteiger partial charge on any atom is -0.492 e. The Morgan fingerprint density at radius 1 is 1.43 bits per heavy atom. The fourth-order valence-electron chi connectivity index (χ4n) is 1.80. The van der Waals surface area contributed by atoms with E-state index in [0.717, 1.165) is 6.07 Å². The molecule has 1 rings (SSSR count). The summed E-state index contributed by atoms with van der Waals surface area (Å²) >= 11 is 0. The summed E-state index contributed by atoms with van der Waals surface area (Å²) < 4.78 is 44.2. The van der Waals surface area contributed by atoms with Crippen molar-refractivity contribution >= 4 is 5.91 Å². The molecule has 0 aliphatic heterocycles. The van der Waals surface area contributed by atoms with Crippen LogP contribution >= 0.6 is 0 Å². The summed E-state index contributed by atoms with van der Waals surface area (Å²) in [7, 11) is 1.45. The van der Waals surface area contributed by atoms with Crippen molar-refractivity contribution in [3.63, 3.8) is 0 Å². The van der Waals surface area contributed by atoms with Gasteiger partial charge >= 0.3 is 6.18 Å². The predicted octanol–water partition coefficient (Wildman–Crippen LogP) is 2.11. The van der Waals surface area contributed by atoms with Crippen LogP contribution < -0.4 is 15.8 Å². The lowest BCUT2D eigenvalue weighted by Gasteiger charge is -2.16. The van der Waals surface area contributed by atoms with Gasteiger partial charge in [0.25, 0.3) is 0 Å². The smallest absolute Gasteiger partial charge is 0.419 e. The predicted molar refractivity (Wildman–Crippen MR) is 73.0 cm³/mol. The zero-order valence-corrected chi connectivity index (χ0v) is 12.0. The summed E-state index contributed by atoms with van der Waals surface area (Å²) in [5.74, 6) is -0.572. The first-order valence-corrected chi connectivity index (χ1v) is 6.53. The molecule has 0 aromatic heterocycles. The SMILES string of the molecule is CNC(=O)CCOc1ccc(CC(C)N)cc1C(F)(F)F. The second-order valence-electron chi connectivity index (χ2n) is 4.78. The third-order valence-electron chi connectivity index (χ3n) is 2.77. The highest BCUT2D eigenvalue weighted by Gasteiger charge is 2.34. The topological polar surface area (TPSA) is 64.3 Å². The Balaban J connectivity index is 2.89. The molecule has 0 saturated heterocycles. The molecule has 0 radical (unpaired) electrons. The van der Waals surface area contributed by atoms with E-state index in [4.69, 9.17) is 10.5 Å². The summed E-state index contributed by atoms with van der Waals surface area (Å²) in [5.41, 5.74) is 5.24. The summed E-state index contributed by atoms with van der Waals surface area (Å²) in [6.07, 6.45) is -4.17. The van der Waals surface area contributed by atoms with Gasteiger partial charge in [0.2, 0.25) is 5.91 Å². The van der Waals surface area contributed by atoms with Crippen molar-refractivity contribution in [2.45, 2.75) is 32.0 Å². The van der Waals surface area contributed by atoms with Crippen LogP contribution in [0.4, 0.5) is 13.2 Å². The van der Waals surface area contributed by atoms with E-state index in [0.29, 0.717) is 12.0 Å². The molecule has 0 aliphatic rings. The first kappa shape index (κ1) is 17.3. The van der Waals surface area contributed by atoms with E-state index >= 15 is 0 Å². The fraction of sp³-hybridized carbons (Fsp3) is 0.500. The van der Waals surface area contributed by atoms with Crippen molar-refractivity contribution in [1.29, 1.82) is 0 Å². The number of rotatable bonds is 6. The molecule has 21 heavy (non-hydrogen) atoms. The van der Waals surface area contributed by atoms with Gasteiger partial charge in [-0.15, -0.1) is 0 Å². The van der Waals surface area contributed by atoms with Crippen LogP contribution in [0.15, 0.2) is 18.2 Å². The normalized spacial score (nSPS) is 12.9. The van der Waals surface area contributed by atoms with Crippen LogP contribution in [0.3, 0.4) is 0 Å². The molecular formula is C14H19F3N2O2. The monoisotopic (exact) mass is 304 g/mol. The van der Waals surface area contributed by atoms with Gasteiger partial charge in [-0.2, -0.15) is 13.2 Å². The van der Waals surface area contributed by atoms with Crippen molar-refractivity contribution in [1.82, 2.24) is 5.32 Å². The van der Waals surface area contributed by atoms with Gasteiger partial charge in [0.15, 0.2) is 0 Å². The van der Waals surface area contributed by atoms with Gasteiger partial charge in [-0.25, -0.2) is 0 Å². The number of nitrogens with one attached hydrogen (secondary N) is 1. The van der Waals surface area contributed by atoms with E-state index in [1.54, 1.807) is 13.0 Å². The molecule has 1 aromatic rings. The van der Waals surface area contributed by atoms with Crippen molar-refractivity contribution in [3.8, 4) is 5.75 Å². The lowest BCUT2D eigenvalue weighted by Crippen LogP contribution is -2.21. The maximum atomic E-state index is 13.0. The molecule has 7 heteroatoms. The number of carbonyl (C=O) groups is 1. The molecule has 1 atom stereocenters. The first-order valence-electron chi connectivity index (χ1n) is 6.53. The average Bonchev–Trinajstić information content (AvgIpc) is 2.38. The number of alkyl halides is 3. The fourth-order valence-corrected chi connectivity index (χ4v) is 1.80. The van der Waals surface area contributed by atoms with Crippen LogP contribution in [0.5, 0.6) is 5.75 Å². The van der Waals surface area contributed by atoms with Crippen LogP contribution in [-0.4, -0.2) is 25.6 Å². The van der Waals surface area contributed by atoms with Gasteiger partial charge in [0.05, 0.1) is 18.6 Å². The largest absolute Gasteiger partial charge is 0.492 e. The van der Waals surface area contributed by atoms with Crippen molar-refractivity contribution in [3.05, 3.63) is 29.3 Å². The number of ether oxygens (including phenoxy) is 1. The number of hydrogen-bond donors (Lipinski definition) is 2. The standard InChI is InChI=1S/C14H19F3N2O2/c1-9(18)7-10-3-4-12(11(8-10)14(15,16)17)21-6-5-13(20)19-2/h3-4,8-9H,5-7,18H2,1-2H3,(H,19,20). The Bertz CT molecular complexity index is 488. The second-order valence-corrected chi connectivity index (χ2v) is 4.78. The number of hydrogen-bond acceptors (Lipinski definition) is 3. The number of halogens is 3. The lowest BCUT2D eigenvalue weighted by atomic mass is 10.0. The lowest BCUT2D eigenvalue weighted by molar-refractivity contribution is -0.139. The molecule has 3 N–H and O–H groups in total. The average molecular weight is 304 g/mol. The maximum absolute atomic E-state index is 13.0. The number of amides is 1. The molecule has 0 fully saturated rings. The van der Waals surface area contributed by atoms with E-state index < -0.39 is 11.7 Å². The van der Waals surface area contributed by atoms with Crippen LogP contribution in [0.25, 0.3) is 0 Å². The Morgan fingerprint density at radius 3 is 2.62 bits per heavy atom. The molecule has 0 aliphatic carbocycles. The second kappa shape index (κ2) is 7.31. The van der Waals surface area contributed by atoms with E-state index in [1.807, 2.05) is 0 Å². The van der Waals surface area contributed by atoms with Crippen LogP contribution in [0.2, 0.25) is 0 Å². The molecule has 0 bridgehead atoms.